The molecule has 3 aromatic rings. The fraction of sp³-hybridized carbons (Fsp3) is 0.0769. The van der Waals surface area contributed by atoms with Gasteiger partial charge in [0.25, 0.3) is 0 Å². The Morgan fingerprint density at radius 2 is 2.29 bits per heavy atom. The first kappa shape index (κ1) is 12.9. The molecule has 0 saturated carbocycles. The maximum atomic E-state index is 11.3. The summed E-state index contributed by atoms with van der Waals surface area (Å²) in [5.41, 5.74) is 0. The predicted molar refractivity (Wildman–Crippen MR) is 72.9 cm³/mol. The summed E-state index contributed by atoms with van der Waals surface area (Å²) in [5.74, 6) is 1.60. The molecule has 8 nitrogen and oxygen atoms in total. The summed E-state index contributed by atoms with van der Waals surface area (Å²) in [6, 6.07) is 6.80. The van der Waals surface area contributed by atoms with E-state index in [1.165, 1.54) is 13.4 Å². The van der Waals surface area contributed by atoms with Gasteiger partial charge < -0.3 is 9.15 Å². The van der Waals surface area contributed by atoms with E-state index in [-0.39, 0.29) is 5.82 Å². The van der Waals surface area contributed by atoms with Crippen molar-refractivity contribution in [1.29, 1.82) is 0 Å². The third kappa shape index (κ3) is 2.73. The lowest BCUT2D eigenvalue weighted by molar-refractivity contribution is 0.187. The van der Waals surface area contributed by atoms with Crippen LogP contribution >= 0.6 is 0 Å². The quantitative estimate of drug-likeness (QED) is 0.791. The topological polar surface area (TPSA) is 95.1 Å². The van der Waals surface area contributed by atoms with E-state index in [4.69, 9.17) is 4.42 Å². The molecule has 3 aromatic heterocycles. The van der Waals surface area contributed by atoms with Gasteiger partial charge in [-0.15, -0.1) is 0 Å². The summed E-state index contributed by atoms with van der Waals surface area (Å²) in [4.78, 5) is 19.9. The third-order valence-corrected chi connectivity index (χ3v) is 2.61. The molecule has 1 amide bonds. The summed E-state index contributed by atoms with van der Waals surface area (Å²) >= 11 is 0. The Balaban J connectivity index is 2.06. The second-order valence-corrected chi connectivity index (χ2v) is 3.98. The molecule has 0 aliphatic heterocycles. The minimum Gasteiger partial charge on any atom is -0.461 e. The molecule has 0 bridgehead atoms. The maximum Gasteiger partial charge on any atom is 0.412 e. The number of nitrogens with one attached hydrogen (secondary N) is 1. The number of furan rings is 1. The molecule has 0 aromatic carbocycles. The van der Waals surface area contributed by atoms with Gasteiger partial charge in [0.1, 0.15) is 5.82 Å². The number of methoxy groups -OCH3 is 1. The number of hydrogen-bond donors (Lipinski definition) is 1. The molecule has 0 aliphatic rings. The Morgan fingerprint density at radius 3 is 2.95 bits per heavy atom. The largest absolute Gasteiger partial charge is 0.461 e. The number of rotatable bonds is 3. The van der Waals surface area contributed by atoms with E-state index >= 15 is 0 Å². The van der Waals surface area contributed by atoms with Crippen molar-refractivity contribution in [1.82, 2.24) is 19.7 Å². The fourth-order valence-corrected chi connectivity index (χ4v) is 1.69. The zero-order valence-electron chi connectivity index (χ0n) is 11.1. The van der Waals surface area contributed by atoms with E-state index in [1.54, 1.807) is 41.3 Å². The summed E-state index contributed by atoms with van der Waals surface area (Å²) in [7, 11) is 1.28. The van der Waals surface area contributed by atoms with Crippen LogP contribution < -0.4 is 5.32 Å². The number of aromatic nitrogens is 4. The van der Waals surface area contributed by atoms with Crippen molar-refractivity contribution in [3.8, 4) is 17.4 Å². The monoisotopic (exact) mass is 285 g/mol. The Hall–Kier alpha value is -3.16. The number of nitrogens with zero attached hydrogens (tertiary/aromatic N) is 4. The van der Waals surface area contributed by atoms with Gasteiger partial charge in [-0.2, -0.15) is 5.10 Å². The molecule has 106 valence electrons. The Bertz CT molecular complexity index is 685. The van der Waals surface area contributed by atoms with Crippen molar-refractivity contribution in [3.05, 3.63) is 42.9 Å². The smallest absolute Gasteiger partial charge is 0.412 e. The van der Waals surface area contributed by atoms with Crippen molar-refractivity contribution < 1.29 is 13.9 Å². The maximum absolute atomic E-state index is 11.3. The van der Waals surface area contributed by atoms with Crippen LogP contribution in [-0.4, -0.2) is 33.0 Å². The van der Waals surface area contributed by atoms with Crippen LogP contribution in [0.25, 0.3) is 17.4 Å². The summed E-state index contributed by atoms with van der Waals surface area (Å²) < 4.78 is 11.4. The van der Waals surface area contributed by atoms with E-state index in [2.05, 4.69) is 25.1 Å². The lowest BCUT2D eigenvalue weighted by Crippen LogP contribution is -2.13. The molecule has 0 radical (unpaired) electrons. The van der Waals surface area contributed by atoms with Crippen LogP contribution in [0, 0.1) is 0 Å². The lowest BCUT2D eigenvalue weighted by Gasteiger charge is -2.07. The molecule has 1 N–H and O–H groups in total. The Kier molecular flexibility index (Phi) is 3.34. The van der Waals surface area contributed by atoms with Gasteiger partial charge in [-0.3, -0.25) is 5.32 Å². The molecule has 3 rings (SSSR count). The molecule has 0 saturated heterocycles. The highest BCUT2D eigenvalue weighted by atomic mass is 16.5. The second-order valence-electron chi connectivity index (χ2n) is 3.98. The highest BCUT2D eigenvalue weighted by Gasteiger charge is 2.12. The van der Waals surface area contributed by atoms with Crippen molar-refractivity contribution in [3.63, 3.8) is 0 Å². The van der Waals surface area contributed by atoms with E-state index in [0.717, 1.165) is 0 Å². The average Bonchev–Trinajstić information content (AvgIpc) is 3.20. The number of carbonyl (C=O) groups is 1. The van der Waals surface area contributed by atoms with Gasteiger partial charge in [0.2, 0.25) is 0 Å². The average molecular weight is 285 g/mol. The molecular weight excluding hydrogens is 274 g/mol. The van der Waals surface area contributed by atoms with Gasteiger partial charge in [0.15, 0.2) is 17.4 Å². The third-order valence-electron chi connectivity index (χ3n) is 2.61. The number of hydrogen-bond acceptors (Lipinski definition) is 6. The van der Waals surface area contributed by atoms with Crippen molar-refractivity contribution in [2.75, 3.05) is 12.4 Å². The summed E-state index contributed by atoms with van der Waals surface area (Å²) in [6.45, 7) is 0. The predicted octanol–water partition coefficient (Wildman–Crippen LogP) is 2.10. The summed E-state index contributed by atoms with van der Waals surface area (Å²) in [5, 5.41) is 6.60. The second kappa shape index (κ2) is 5.45. The number of anilines is 1. The number of carbonyl (C=O) groups excluding carboxylic acids is 1. The highest BCUT2D eigenvalue weighted by molar-refractivity contribution is 5.83. The van der Waals surface area contributed by atoms with Crippen LogP contribution in [0.2, 0.25) is 0 Å². The van der Waals surface area contributed by atoms with Gasteiger partial charge in [-0.1, -0.05) is 0 Å². The van der Waals surface area contributed by atoms with Gasteiger partial charge in [-0.05, 0) is 18.2 Å². The highest BCUT2D eigenvalue weighted by Crippen LogP contribution is 2.20. The molecule has 0 unspecified atom stereocenters. The van der Waals surface area contributed by atoms with Gasteiger partial charge in [-0.25, -0.2) is 19.4 Å². The van der Waals surface area contributed by atoms with Crippen LogP contribution in [0.5, 0.6) is 0 Å². The lowest BCUT2D eigenvalue weighted by atomic mass is 10.4. The Labute approximate surface area is 119 Å². The zero-order chi connectivity index (χ0) is 14.7. The van der Waals surface area contributed by atoms with Crippen LogP contribution in [0.3, 0.4) is 0 Å². The van der Waals surface area contributed by atoms with Crippen LogP contribution in [-0.2, 0) is 4.74 Å². The normalized spacial score (nSPS) is 10.3. The zero-order valence-corrected chi connectivity index (χ0v) is 11.1. The van der Waals surface area contributed by atoms with Gasteiger partial charge in [0.05, 0.1) is 13.4 Å². The SMILES string of the molecule is COC(=O)Nc1cc(-n2cccn2)nc(-c2ccco2)n1. The molecule has 0 fully saturated rings. The molecule has 8 heteroatoms. The van der Waals surface area contributed by atoms with Crippen molar-refractivity contribution >= 4 is 11.9 Å². The van der Waals surface area contributed by atoms with E-state index in [9.17, 15) is 4.79 Å². The van der Waals surface area contributed by atoms with Crippen molar-refractivity contribution in [2.24, 2.45) is 0 Å². The Morgan fingerprint density at radius 1 is 1.38 bits per heavy atom. The standard InChI is InChI=1S/C13H11N5O3/c1-20-13(19)16-10-8-11(18-6-3-5-14-18)17-12(15-10)9-4-2-7-21-9/h2-8H,1H3,(H,15,16,17,19). The van der Waals surface area contributed by atoms with E-state index < -0.39 is 6.09 Å². The molecule has 21 heavy (non-hydrogen) atoms. The molecule has 0 aliphatic carbocycles. The first-order chi connectivity index (χ1) is 10.3. The first-order valence-electron chi connectivity index (χ1n) is 6.04. The molecule has 0 spiro atoms. The van der Waals surface area contributed by atoms with Gasteiger partial charge in [0, 0.05) is 18.5 Å². The fourth-order valence-electron chi connectivity index (χ4n) is 1.69. The van der Waals surface area contributed by atoms with E-state index in [1.807, 2.05) is 0 Å². The van der Waals surface area contributed by atoms with Gasteiger partial charge >= 0.3 is 6.09 Å². The molecule has 3 heterocycles. The first-order valence-corrected chi connectivity index (χ1v) is 6.04. The minimum absolute atomic E-state index is 0.286. The van der Waals surface area contributed by atoms with Crippen LogP contribution in [0.15, 0.2) is 47.3 Å². The molecule has 0 atom stereocenters. The minimum atomic E-state index is -0.620. The van der Waals surface area contributed by atoms with E-state index in [0.29, 0.717) is 17.4 Å². The van der Waals surface area contributed by atoms with Crippen LogP contribution in [0.4, 0.5) is 10.6 Å². The number of ether oxygens (including phenoxy) is 1. The molecular formula is C13H11N5O3. The number of amides is 1. The van der Waals surface area contributed by atoms with Crippen molar-refractivity contribution in [2.45, 2.75) is 0 Å². The van der Waals surface area contributed by atoms with Crippen LogP contribution in [0.1, 0.15) is 0 Å². The summed E-state index contributed by atoms with van der Waals surface area (Å²) in [6.07, 6.45) is 4.26.